The summed E-state index contributed by atoms with van der Waals surface area (Å²) >= 11 is 5.97. The van der Waals surface area contributed by atoms with Gasteiger partial charge in [0.25, 0.3) is 0 Å². The normalized spacial score (nSPS) is 10.7. The minimum Gasteiger partial charge on any atom is -0.490 e. The zero-order valence-electron chi connectivity index (χ0n) is 10.7. The van der Waals surface area contributed by atoms with Crippen LogP contribution < -0.4 is 9.47 Å². The second-order valence-electron chi connectivity index (χ2n) is 3.94. The van der Waals surface area contributed by atoms with Gasteiger partial charge in [0, 0.05) is 0 Å². The number of para-hydroxylation sites is 1. The van der Waals surface area contributed by atoms with Crippen molar-refractivity contribution in [3.8, 4) is 11.5 Å². The largest absolute Gasteiger partial charge is 0.490 e. The first-order valence-electron chi connectivity index (χ1n) is 6.07. The third-order valence-corrected chi connectivity index (χ3v) is 2.82. The highest BCUT2D eigenvalue weighted by atomic mass is 35.5. The average molecular weight is 292 g/mol. The predicted octanol–water partition coefficient (Wildman–Crippen LogP) is 3.61. The Labute approximate surface area is 122 Å². The van der Waals surface area contributed by atoms with Gasteiger partial charge in [0.15, 0.2) is 0 Å². The highest BCUT2D eigenvalue weighted by molar-refractivity contribution is 6.32. The van der Waals surface area contributed by atoms with E-state index >= 15 is 0 Å². The van der Waals surface area contributed by atoms with E-state index in [1.165, 1.54) is 6.21 Å². The summed E-state index contributed by atoms with van der Waals surface area (Å²) in [6.07, 6.45) is 1.34. The fourth-order valence-electron chi connectivity index (χ4n) is 1.62. The second kappa shape index (κ2) is 7.40. The molecule has 20 heavy (non-hydrogen) atoms. The Morgan fingerprint density at radius 3 is 2.65 bits per heavy atom. The molecule has 2 aromatic carbocycles. The van der Waals surface area contributed by atoms with E-state index in [0.717, 1.165) is 5.56 Å². The summed E-state index contributed by atoms with van der Waals surface area (Å²) in [7, 11) is 0. The molecule has 2 aromatic rings. The van der Waals surface area contributed by atoms with Gasteiger partial charge in [0.1, 0.15) is 24.7 Å². The van der Waals surface area contributed by atoms with Crippen LogP contribution in [0.3, 0.4) is 0 Å². The van der Waals surface area contributed by atoms with Gasteiger partial charge in [0.2, 0.25) is 0 Å². The molecule has 0 spiro atoms. The van der Waals surface area contributed by atoms with E-state index in [9.17, 15) is 0 Å². The maximum Gasteiger partial charge on any atom is 0.138 e. The number of hydrogen-bond donors (Lipinski definition) is 1. The predicted molar refractivity (Wildman–Crippen MR) is 78.3 cm³/mol. The van der Waals surface area contributed by atoms with E-state index in [0.29, 0.717) is 29.7 Å². The SMILES string of the molecule is ON=Cc1cccc(OCCOc2ccccc2Cl)c1. The van der Waals surface area contributed by atoms with Crippen molar-refractivity contribution in [1.82, 2.24) is 0 Å². The summed E-state index contributed by atoms with van der Waals surface area (Å²) in [5, 5.41) is 12.0. The molecule has 0 aliphatic carbocycles. The Morgan fingerprint density at radius 1 is 1.05 bits per heavy atom. The molecule has 0 atom stereocenters. The van der Waals surface area contributed by atoms with Crippen molar-refractivity contribution in [1.29, 1.82) is 0 Å². The summed E-state index contributed by atoms with van der Waals surface area (Å²) in [5.41, 5.74) is 0.761. The van der Waals surface area contributed by atoms with E-state index in [2.05, 4.69) is 5.16 Å². The van der Waals surface area contributed by atoms with Gasteiger partial charge >= 0.3 is 0 Å². The molecule has 0 amide bonds. The molecule has 0 aliphatic rings. The molecule has 0 aliphatic heterocycles. The van der Waals surface area contributed by atoms with Crippen molar-refractivity contribution < 1.29 is 14.7 Å². The molecule has 0 radical (unpaired) electrons. The monoisotopic (exact) mass is 291 g/mol. The molecule has 0 heterocycles. The molecule has 5 heteroatoms. The molecule has 0 aromatic heterocycles. The first kappa shape index (κ1) is 14.2. The fourth-order valence-corrected chi connectivity index (χ4v) is 1.81. The molecule has 4 nitrogen and oxygen atoms in total. The number of hydrogen-bond acceptors (Lipinski definition) is 4. The van der Waals surface area contributed by atoms with Gasteiger partial charge in [0.05, 0.1) is 11.2 Å². The zero-order valence-corrected chi connectivity index (χ0v) is 11.5. The lowest BCUT2D eigenvalue weighted by molar-refractivity contribution is 0.217. The number of oxime groups is 1. The molecular weight excluding hydrogens is 278 g/mol. The molecule has 0 unspecified atom stereocenters. The molecule has 0 bridgehead atoms. The molecule has 1 N–H and O–H groups in total. The standard InChI is InChI=1S/C15H14ClNO3/c16-14-6-1-2-7-15(14)20-9-8-19-13-5-3-4-12(10-13)11-17-18/h1-7,10-11,18H,8-9H2. The zero-order chi connectivity index (χ0) is 14.2. The van der Waals surface area contributed by atoms with Crippen LogP contribution in [0.2, 0.25) is 5.02 Å². The van der Waals surface area contributed by atoms with Crippen LogP contribution in [0.4, 0.5) is 0 Å². The Morgan fingerprint density at radius 2 is 1.85 bits per heavy atom. The molecule has 0 saturated carbocycles. The highest BCUT2D eigenvalue weighted by Crippen LogP contribution is 2.22. The van der Waals surface area contributed by atoms with Crippen LogP contribution >= 0.6 is 11.6 Å². The lowest BCUT2D eigenvalue weighted by atomic mass is 10.2. The summed E-state index contributed by atoms with van der Waals surface area (Å²) in [6, 6.07) is 14.5. The summed E-state index contributed by atoms with van der Waals surface area (Å²) in [4.78, 5) is 0. The van der Waals surface area contributed by atoms with E-state index < -0.39 is 0 Å². The third-order valence-electron chi connectivity index (χ3n) is 2.51. The first-order chi connectivity index (χ1) is 9.79. The number of benzene rings is 2. The van der Waals surface area contributed by atoms with Gasteiger partial charge in [-0.2, -0.15) is 0 Å². The van der Waals surface area contributed by atoms with Crippen molar-refractivity contribution in [3.63, 3.8) is 0 Å². The quantitative estimate of drug-likeness (QED) is 0.383. The van der Waals surface area contributed by atoms with Gasteiger partial charge in [-0.3, -0.25) is 0 Å². The summed E-state index contributed by atoms with van der Waals surface area (Å²) < 4.78 is 11.1. The average Bonchev–Trinajstić information content (AvgIpc) is 2.46. The van der Waals surface area contributed by atoms with Crippen LogP contribution in [0.1, 0.15) is 5.56 Å². The van der Waals surface area contributed by atoms with Crippen LogP contribution in [-0.4, -0.2) is 24.6 Å². The Kier molecular flexibility index (Phi) is 5.26. The summed E-state index contributed by atoms with van der Waals surface area (Å²) in [6.45, 7) is 0.785. The molecular formula is C15H14ClNO3. The molecule has 2 rings (SSSR count). The van der Waals surface area contributed by atoms with Gasteiger partial charge < -0.3 is 14.7 Å². The van der Waals surface area contributed by atoms with E-state index in [4.69, 9.17) is 26.3 Å². The molecule has 0 fully saturated rings. The fraction of sp³-hybridized carbons (Fsp3) is 0.133. The van der Waals surface area contributed by atoms with Crippen LogP contribution in [0.15, 0.2) is 53.7 Å². The van der Waals surface area contributed by atoms with Crippen molar-refractivity contribution in [2.45, 2.75) is 0 Å². The van der Waals surface area contributed by atoms with Gasteiger partial charge in [-0.15, -0.1) is 0 Å². The number of halogens is 1. The van der Waals surface area contributed by atoms with E-state index in [1.54, 1.807) is 18.2 Å². The van der Waals surface area contributed by atoms with Crippen molar-refractivity contribution in [3.05, 3.63) is 59.1 Å². The van der Waals surface area contributed by atoms with Crippen LogP contribution in [0.25, 0.3) is 0 Å². The summed E-state index contributed by atoms with van der Waals surface area (Å²) in [5.74, 6) is 1.32. The molecule has 104 valence electrons. The minimum atomic E-state index is 0.391. The number of ether oxygens (including phenoxy) is 2. The van der Waals surface area contributed by atoms with Gasteiger partial charge in [-0.05, 0) is 29.8 Å². The first-order valence-corrected chi connectivity index (χ1v) is 6.45. The second-order valence-corrected chi connectivity index (χ2v) is 4.35. The van der Waals surface area contributed by atoms with Crippen molar-refractivity contribution in [2.75, 3.05) is 13.2 Å². The van der Waals surface area contributed by atoms with Crippen molar-refractivity contribution in [2.24, 2.45) is 5.16 Å². The Balaban J connectivity index is 1.81. The Bertz CT molecular complexity index is 587. The van der Waals surface area contributed by atoms with E-state index in [-0.39, 0.29) is 0 Å². The van der Waals surface area contributed by atoms with Crippen molar-refractivity contribution >= 4 is 17.8 Å². The lowest BCUT2D eigenvalue weighted by Crippen LogP contribution is -2.09. The number of rotatable bonds is 6. The number of nitrogens with zero attached hydrogens (tertiary/aromatic N) is 1. The van der Waals surface area contributed by atoms with Crippen LogP contribution in [-0.2, 0) is 0 Å². The third kappa shape index (κ3) is 4.17. The molecule has 0 saturated heterocycles. The lowest BCUT2D eigenvalue weighted by Gasteiger charge is -2.09. The maximum atomic E-state index is 8.47. The topological polar surface area (TPSA) is 51.1 Å². The Hall–Kier alpha value is -2.20. The van der Waals surface area contributed by atoms with Crippen LogP contribution in [0.5, 0.6) is 11.5 Å². The highest BCUT2D eigenvalue weighted by Gasteiger charge is 2.00. The smallest absolute Gasteiger partial charge is 0.138 e. The van der Waals surface area contributed by atoms with Gasteiger partial charge in [-0.1, -0.05) is 41.0 Å². The maximum absolute atomic E-state index is 8.47. The minimum absolute atomic E-state index is 0.391. The van der Waals surface area contributed by atoms with Gasteiger partial charge in [-0.25, -0.2) is 0 Å². The van der Waals surface area contributed by atoms with E-state index in [1.807, 2.05) is 30.3 Å². The van der Waals surface area contributed by atoms with Crippen LogP contribution in [0, 0.1) is 0 Å².